The molecule has 14 heavy (non-hydrogen) atoms. The van der Waals surface area contributed by atoms with E-state index < -0.39 is 0 Å². The molecule has 0 saturated carbocycles. The van der Waals surface area contributed by atoms with Gasteiger partial charge in [-0.05, 0) is 11.5 Å². The summed E-state index contributed by atoms with van der Waals surface area (Å²) in [5, 5.41) is 5.91. The van der Waals surface area contributed by atoms with Gasteiger partial charge in [0.15, 0.2) is 0 Å². The zero-order valence-electron chi connectivity index (χ0n) is 7.90. The number of thiol groups is 1. The fourth-order valence-electron chi connectivity index (χ4n) is 1.57. The fraction of sp³-hybridized carbons (Fsp3) is 0.167. The summed E-state index contributed by atoms with van der Waals surface area (Å²) in [7, 11) is 0. The number of anilines is 1. The van der Waals surface area contributed by atoms with Crippen molar-refractivity contribution in [2.45, 2.75) is 0 Å². The fourth-order valence-corrected chi connectivity index (χ4v) is 1.68. The number of hydrogen-bond donors (Lipinski definition) is 2. The smallest absolute Gasteiger partial charge is 0.0420 e. The molecule has 72 valence electrons. The van der Waals surface area contributed by atoms with E-state index in [1.165, 1.54) is 16.5 Å². The molecule has 0 saturated heterocycles. The lowest BCUT2D eigenvalue weighted by Gasteiger charge is -2.07. The second-order valence-corrected chi connectivity index (χ2v) is 3.62. The highest BCUT2D eigenvalue weighted by molar-refractivity contribution is 7.80. The summed E-state index contributed by atoms with van der Waals surface area (Å²) in [6, 6.07) is 14.7. The van der Waals surface area contributed by atoms with Crippen LogP contribution in [-0.4, -0.2) is 12.3 Å². The van der Waals surface area contributed by atoms with Crippen molar-refractivity contribution in [2.24, 2.45) is 0 Å². The Kier molecular flexibility index (Phi) is 2.94. The lowest BCUT2D eigenvalue weighted by atomic mass is 10.1. The summed E-state index contributed by atoms with van der Waals surface area (Å²) in [4.78, 5) is 0. The van der Waals surface area contributed by atoms with Gasteiger partial charge in [0.1, 0.15) is 0 Å². The number of hydrogen-bond acceptors (Lipinski definition) is 2. The van der Waals surface area contributed by atoms with E-state index in [9.17, 15) is 0 Å². The van der Waals surface area contributed by atoms with E-state index in [0.717, 1.165) is 12.3 Å². The van der Waals surface area contributed by atoms with Crippen LogP contribution in [-0.2, 0) is 0 Å². The molecule has 0 bridgehead atoms. The lowest BCUT2D eigenvalue weighted by molar-refractivity contribution is 1.24. The minimum Gasteiger partial charge on any atom is -0.384 e. The maximum absolute atomic E-state index is 4.18. The minimum absolute atomic E-state index is 0.850. The Bertz CT molecular complexity index is 420. The quantitative estimate of drug-likeness (QED) is 0.730. The maximum Gasteiger partial charge on any atom is 0.0420 e. The first kappa shape index (κ1) is 9.41. The van der Waals surface area contributed by atoms with Crippen LogP contribution in [0.3, 0.4) is 0 Å². The van der Waals surface area contributed by atoms with Crippen molar-refractivity contribution in [2.75, 3.05) is 17.6 Å². The molecule has 0 aliphatic heterocycles. The average Bonchev–Trinajstić information content (AvgIpc) is 2.26. The largest absolute Gasteiger partial charge is 0.384 e. The van der Waals surface area contributed by atoms with E-state index in [0.29, 0.717) is 0 Å². The van der Waals surface area contributed by atoms with Crippen LogP contribution in [0.15, 0.2) is 42.5 Å². The van der Waals surface area contributed by atoms with E-state index in [2.05, 4.69) is 60.4 Å². The van der Waals surface area contributed by atoms with Gasteiger partial charge in [-0.3, -0.25) is 0 Å². The number of fused-ring (bicyclic) bond motifs is 1. The zero-order valence-corrected chi connectivity index (χ0v) is 8.80. The molecule has 0 unspecified atom stereocenters. The third kappa shape index (κ3) is 1.85. The summed E-state index contributed by atoms with van der Waals surface area (Å²) < 4.78 is 0. The van der Waals surface area contributed by atoms with Gasteiger partial charge in [-0.1, -0.05) is 36.4 Å². The van der Waals surface area contributed by atoms with Crippen LogP contribution in [0.1, 0.15) is 0 Å². The summed E-state index contributed by atoms with van der Waals surface area (Å²) in [6.07, 6.45) is 0. The van der Waals surface area contributed by atoms with Gasteiger partial charge >= 0.3 is 0 Å². The van der Waals surface area contributed by atoms with Gasteiger partial charge < -0.3 is 5.32 Å². The third-order valence-corrected chi connectivity index (χ3v) is 2.44. The predicted molar refractivity (Wildman–Crippen MR) is 66.3 cm³/mol. The van der Waals surface area contributed by atoms with Crippen LogP contribution in [0.5, 0.6) is 0 Å². The monoisotopic (exact) mass is 203 g/mol. The summed E-state index contributed by atoms with van der Waals surface area (Å²) in [5.74, 6) is 0.850. The molecule has 1 nitrogen and oxygen atoms in total. The van der Waals surface area contributed by atoms with E-state index in [1.54, 1.807) is 0 Å². The van der Waals surface area contributed by atoms with Crippen LogP contribution in [0.4, 0.5) is 5.69 Å². The Hall–Kier alpha value is -1.15. The highest BCUT2D eigenvalue weighted by Crippen LogP contribution is 2.22. The van der Waals surface area contributed by atoms with Crippen LogP contribution in [0.2, 0.25) is 0 Å². The number of benzene rings is 2. The molecular weight excluding hydrogens is 190 g/mol. The van der Waals surface area contributed by atoms with E-state index >= 15 is 0 Å². The highest BCUT2D eigenvalue weighted by atomic mass is 32.1. The average molecular weight is 203 g/mol. The Morgan fingerprint density at radius 3 is 2.64 bits per heavy atom. The molecule has 0 aliphatic rings. The SMILES string of the molecule is SCCNc1cccc2ccccc12. The Labute approximate surface area is 89.5 Å². The molecule has 0 aromatic heterocycles. The van der Waals surface area contributed by atoms with Gasteiger partial charge in [0, 0.05) is 23.4 Å². The van der Waals surface area contributed by atoms with Crippen molar-refractivity contribution < 1.29 is 0 Å². The highest BCUT2D eigenvalue weighted by Gasteiger charge is 1.97. The van der Waals surface area contributed by atoms with Crippen LogP contribution in [0.25, 0.3) is 10.8 Å². The molecule has 2 rings (SSSR count). The number of nitrogens with one attached hydrogen (secondary N) is 1. The topological polar surface area (TPSA) is 12.0 Å². The van der Waals surface area contributed by atoms with Gasteiger partial charge in [0.25, 0.3) is 0 Å². The van der Waals surface area contributed by atoms with Crippen molar-refractivity contribution in [3.05, 3.63) is 42.5 Å². The third-order valence-electron chi connectivity index (χ3n) is 2.22. The van der Waals surface area contributed by atoms with Gasteiger partial charge in [-0.2, -0.15) is 12.6 Å². The van der Waals surface area contributed by atoms with Gasteiger partial charge in [-0.15, -0.1) is 0 Å². The van der Waals surface area contributed by atoms with E-state index in [4.69, 9.17) is 0 Å². The normalized spacial score (nSPS) is 10.4. The van der Waals surface area contributed by atoms with Crippen LogP contribution >= 0.6 is 12.6 Å². The molecule has 2 heteroatoms. The maximum atomic E-state index is 4.18. The van der Waals surface area contributed by atoms with E-state index in [-0.39, 0.29) is 0 Å². The summed E-state index contributed by atoms with van der Waals surface area (Å²) in [5.41, 5.74) is 1.19. The molecule has 0 aliphatic carbocycles. The molecule has 0 amide bonds. The Morgan fingerprint density at radius 1 is 1.00 bits per heavy atom. The van der Waals surface area contributed by atoms with Crippen molar-refractivity contribution in [3.8, 4) is 0 Å². The summed E-state index contributed by atoms with van der Waals surface area (Å²) >= 11 is 4.18. The molecule has 2 aromatic rings. The molecule has 0 atom stereocenters. The first-order chi connectivity index (χ1) is 6.92. The minimum atomic E-state index is 0.850. The second-order valence-electron chi connectivity index (χ2n) is 3.18. The first-order valence-corrected chi connectivity index (χ1v) is 5.37. The van der Waals surface area contributed by atoms with Gasteiger partial charge in [0.2, 0.25) is 0 Å². The molecule has 0 radical (unpaired) electrons. The molecule has 1 N–H and O–H groups in total. The second kappa shape index (κ2) is 4.38. The predicted octanol–water partition coefficient (Wildman–Crippen LogP) is 3.18. The molecule has 0 heterocycles. The molecule has 0 spiro atoms. The van der Waals surface area contributed by atoms with Crippen molar-refractivity contribution in [3.63, 3.8) is 0 Å². The Morgan fingerprint density at radius 2 is 1.79 bits per heavy atom. The van der Waals surface area contributed by atoms with Gasteiger partial charge in [-0.25, -0.2) is 0 Å². The zero-order chi connectivity index (χ0) is 9.80. The number of rotatable bonds is 3. The van der Waals surface area contributed by atoms with Crippen LogP contribution in [0, 0.1) is 0 Å². The summed E-state index contributed by atoms with van der Waals surface area (Å²) in [6.45, 7) is 0.900. The Balaban J connectivity index is 2.43. The first-order valence-electron chi connectivity index (χ1n) is 4.74. The molecule has 0 fully saturated rings. The van der Waals surface area contributed by atoms with E-state index in [1.807, 2.05) is 0 Å². The molecule has 2 aromatic carbocycles. The standard InChI is InChI=1S/C12H13NS/c14-9-8-13-12-7-3-5-10-4-1-2-6-11(10)12/h1-7,13-14H,8-9H2. The van der Waals surface area contributed by atoms with Crippen molar-refractivity contribution >= 4 is 29.1 Å². The lowest BCUT2D eigenvalue weighted by Crippen LogP contribution is -2.02. The van der Waals surface area contributed by atoms with Gasteiger partial charge in [0.05, 0.1) is 0 Å². The van der Waals surface area contributed by atoms with Crippen molar-refractivity contribution in [1.82, 2.24) is 0 Å². The van der Waals surface area contributed by atoms with Crippen molar-refractivity contribution in [1.29, 1.82) is 0 Å². The molecular formula is C12H13NS. The van der Waals surface area contributed by atoms with Crippen LogP contribution < -0.4 is 5.32 Å².